The van der Waals surface area contributed by atoms with Crippen LogP contribution in [0.3, 0.4) is 0 Å². The van der Waals surface area contributed by atoms with Gasteiger partial charge in [0.25, 0.3) is 0 Å². The van der Waals surface area contributed by atoms with Gasteiger partial charge in [-0.25, -0.2) is 0 Å². The van der Waals surface area contributed by atoms with Gasteiger partial charge in [0.15, 0.2) is 0 Å². The Morgan fingerprint density at radius 1 is 1.50 bits per heavy atom. The lowest BCUT2D eigenvalue weighted by Gasteiger charge is -2.27. The van der Waals surface area contributed by atoms with Crippen LogP contribution in [0.1, 0.15) is 46.5 Å². The van der Waals surface area contributed by atoms with Gasteiger partial charge in [0.2, 0.25) is 5.91 Å². The van der Waals surface area contributed by atoms with Gasteiger partial charge in [0.1, 0.15) is 0 Å². The van der Waals surface area contributed by atoms with Gasteiger partial charge in [-0.2, -0.15) is 11.8 Å². The molecule has 0 radical (unpaired) electrons. The van der Waals surface area contributed by atoms with Crippen LogP contribution < -0.4 is 11.1 Å². The molecule has 4 nitrogen and oxygen atoms in total. The van der Waals surface area contributed by atoms with E-state index in [1.807, 2.05) is 25.6 Å². The number of nitrogens with one attached hydrogen (secondary N) is 1. The number of unbranched alkanes of at least 4 members (excludes halogenated alkanes) is 1. The summed E-state index contributed by atoms with van der Waals surface area (Å²) in [4.78, 5) is 11.4. The Morgan fingerprint density at radius 2 is 2.17 bits per heavy atom. The molecular weight excluding hydrogens is 248 g/mol. The minimum absolute atomic E-state index is 0.258. The van der Waals surface area contributed by atoms with Gasteiger partial charge in [0, 0.05) is 11.9 Å². The number of amides is 1. The number of carbonyl (C=O) groups excluding carboxylic acids is 1. The first-order chi connectivity index (χ1) is 8.46. The molecule has 2 unspecified atom stereocenters. The third kappa shape index (κ3) is 7.24. The van der Waals surface area contributed by atoms with Crippen molar-refractivity contribution in [2.75, 3.05) is 18.9 Å². The highest BCUT2D eigenvalue weighted by atomic mass is 32.2. The molecule has 0 saturated heterocycles. The van der Waals surface area contributed by atoms with Crippen LogP contribution in [-0.2, 0) is 4.79 Å². The number of carbonyl (C=O) groups is 1. The van der Waals surface area contributed by atoms with E-state index in [-0.39, 0.29) is 12.5 Å². The van der Waals surface area contributed by atoms with Crippen molar-refractivity contribution in [2.24, 2.45) is 5.73 Å². The standard InChI is InChI=1S/C13H28N2O2S/c1-4-15-13(3,12(14)17)8-5-6-10-18-11(2)7-9-16/h11,15-16H,4-10H2,1-3H3,(H2,14,17). The van der Waals surface area contributed by atoms with Crippen molar-refractivity contribution in [3.8, 4) is 0 Å². The summed E-state index contributed by atoms with van der Waals surface area (Å²) in [6, 6.07) is 0. The van der Waals surface area contributed by atoms with Gasteiger partial charge in [-0.15, -0.1) is 0 Å². The zero-order valence-electron chi connectivity index (χ0n) is 11.9. The first-order valence-electron chi connectivity index (χ1n) is 6.73. The van der Waals surface area contributed by atoms with Crippen LogP contribution in [0, 0.1) is 0 Å². The SMILES string of the molecule is CCNC(C)(CCCCSC(C)CCO)C(N)=O. The second-order valence-corrected chi connectivity index (χ2v) is 6.42. The molecule has 2 atom stereocenters. The lowest BCUT2D eigenvalue weighted by Crippen LogP contribution is -2.52. The van der Waals surface area contributed by atoms with Crippen molar-refractivity contribution >= 4 is 17.7 Å². The van der Waals surface area contributed by atoms with Crippen LogP contribution in [0.2, 0.25) is 0 Å². The molecule has 4 N–H and O–H groups in total. The van der Waals surface area contributed by atoms with Crippen LogP contribution in [0.4, 0.5) is 0 Å². The summed E-state index contributed by atoms with van der Waals surface area (Å²) < 4.78 is 0. The molecule has 0 rings (SSSR count). The summed E-state index contributed by atoms with van der Waals surface area (Å²) in [5.41, 5.74) is 4.85. The van der Waals surface area contributed by atoms with E-state index < -0.39 is 5.54 Å². The Kier molecular flexibility index (Phi) is 9.50. The number of rotatable bonds is 11. The molecule has 18 heavy (non-hydrogen) atoms. The fraction of sp³-hybridized carbons (Fsp3) is 0.923. The third-order valence-corrected chi connectivity index (χ3v) is 4.45. The van der Waals surface area contributed by atoms with E-state index in [4.69, 9.17) is 10.8 Å². The van der Waals surface area contributed by atoms with E-state index in [9.17, 15) is 4.79 Å². The first kappa shape index (κ1) is 17.7. The van der Waals surface area contributed by atoms with Crippen LogP contribution in [0.15, 0.2) is 0 Å². The average molecular weight is 276 g/mol. The Morgan fingerprint density at radius 3 is 2.67 bits per heavy atom. The summed E-state index contributed by atoms with van der Waals surface area (Å²) in [7, 11) is 0. The number of hydrogen-bond acceptors (Lipinski definition) is 4. The smallest absolute Gasteiger partial charge is 0.237 e. The second-order valence-electron chi connectivity index (χ2n) is 4.88. The molecule has 0 aromatic heterocycles. The van der Waals surface area contributed by atoms with Crippen molar-refractivity contribution in [1.29, 1.82) is 0 Å². The highest BCUT2D eigenvalue weighted by molar-refractivity contribution is 7.99. The van der Waals surface area contributed by atoms with Crippen molar-refractivity contribution in [3.05, 3.63) is 0 Å². The topological polar surface area (TPSA) is 75.3 Å². The fourth-order valence-electron chi connectivity index (χ4n) is 1.82. The Hall–Kier alpha value is -0.260. The third-order valence-electron chi connectivity index (χ3n) is 3.12. The zero-order valence-corrected chi connectivity index (χ0v) is 12.7. The number of nitrogens with two attached hydrogens (primary N) is 1. The number of hydrogen-bond donors (Lipinski definition) is 3. The number of likely N-dealkylation sites (N-methyl/N-ethyl adjacent to an activating group) is 1. The van der Waals surface area contributed by atoms with Crippen LogP contribution in [0.5, 0.6) is 0 Å². The molecule has 0 spiro atoms. The van der Waals surface area contributed by atoms with Gasteiger partial charge in [0.05, 0.1) is 5.54 Å². The highest BCUT2D eigenvalue weighted by Gasteiger charge is 2.28. The van der Waals surface area contributed by atoms with Crippen molar-refractivity contribution < 1.29 is 9.90 Å². The van der Waals surface area contributed by atoms with E-state index in [0.717, 1.165) is 38.0 Å². The molecule has 1 amide bonds. The number of aliphatic hydroxyl groups excluding tert-OH is 1. The van der Waals surface area contributed by atoms with E-state index in [1.165, 1.54) is 0 Å². The molecule has 0 aliphatic heterocycles. The van der Waals surface area contributed by atoms with Crippen LogP contribution >= 0.6 is 11.8 Å². The van der Waals surface area contributed by atoms with Gasteiger partial charge < -0.3 is 16.2 Å². The fourth-order valence-corrected chi connectivity index (χ4v) is 2.86. The minimum atomic E-state index is -0.573. The average Bonchev–Trinajstić information content (AvgIpc) is 2.29. The molecular formula is C13H28N2O2S. The van der Waals surface area contributed by atoms with E-state index in [1.54, 1.807) is 0 Å². The maximum Gasteiger partial charge on any atom is 0.237 e. The van der Waals surface area contributed by atoms with Gasteiger partial charge in [-0.1, -0.05) is 20.3 Å². The molecule has 0 fully saturated rings. The minimum Gasteiger partial charge on any atom is -0.396 e. The van der Waals surface area contributed by atoms with Crippen molar-refractivity contribution in [3.63, 3.8) is 0 Å². The summed E-state index contributed by atoms with van der Waals surface area (Å²) in [6.45, 7) is 7.00. The summed E-state index contributed by atoms with van der Waals surface area (Å²) >= 11 is 1.88. The monoisotopic (exact) mass is 276 g/mol. The number of primary amides is 1. The first-order valence-corrected chi connectivity index (χ1v) is 7.78. The summed E-state index contributed by atoms with van der Waals surface area (Å²) in [5.74, 6) is 0.799. The quantitative estimate of drug-likeness (QED) is 0.500. The molecule has 0 aromatic carbocycles. The molecule has 5 heteroatoms. The largest absolute Gasteiger partial charge is 0.396 e. The van der Waals surface area contributed by atoms with Gasteiger partial charge >= 0.3 is 0 Å². The molecule has 0 heterocycles. The molecule has 0 bridgehead atoms. The summed E-state index contributed by atoms with van der Waals surface area (Å²) in [6.07, 6.45) is 3.70. The second kappa shape index (κ2) is 9.64. The van der Waals surface area contributed by atoms with Crippen LogP contribution in [0.25, 0.3) is 0 Å². The molecule has 0 aliphatic carbocycles. The van der Waals surface area contributed by atoms with E-state index >= 15 is 0 Å². The Labute approximate surface area is 115 Å². The maximum absolute atomic E-state index is 11.4. The van der Waals surface area contributed by atoms with Crippen molar-refractivity contribution in [2.45, 2.75) is 57.2 Å². The molecule has 0 aliphatic rings. The molecule has 0 saturated carbocycles. The molecule has 0 aromatic rings. The Balaban J connectivity index is 3.77. The van der Waals surface area contributed by atoms with E-state index in [2.05, 4.69) is 12.2 Å². The van der Waals surface area contributed by atoms with Gasteiger partial charge in [-0.05, 0) is 38.5 Å². The predicted molar refractivity (Wildman–Crippen MR) is 78.7 cm³/mol. The molecule has 108 valence electrons. The summed E-state index contributed by atoms with van der Waals surface area (Å²) in [5, 5.41) is 12.5. The number of thioether (sulfide) groups is 1. The Bertz CT molecular complexity index is 239. The van der Waals surface area contributed by atoms with E-state index in [0.29, 0.717) is 5.25 Å². The van der Waals surface area contributed by atoms with Crippen molar-refractivity contribution in [1.82, 2.24) is 5.32 Å². The highest BCUT2D eigenvalue weighted by Crippen LogP contribution is 2.18. The predicted octanol–water partition coefficient (Wildman–Crippen LogP) is 1.51. The maximum atomic E-state index is 11.4. The van der Waals surface area contributed by atoms with Gasteiger partial charge in [-0.3, -0.25) is 4.79 Å². The lowest BCUT2D eigenvalue weighted by molar-refractivity contribution is -0.124. The normalized spacial score (nSPS) is 16.2. The van der Waals surface area contributed by atoms with Crippen LogP contribution in [-0.4, -0.2) is 40.7 Å². The zero-order chi connectivity index (χ0) is 14.0. The number of aliphatic hydroxyl groups is 1. The lowest BCUT2D eigenvalue weighted by atomic mass is 9.94.